The van der Waals surface area contributed by atoms with Crippen molar-refractivity contribution >= 4 is 22.8 Å². The first kappa shape index (κ1) is 18.6. The number of nitrogens with one attached hydrogen (secondary N) is 2. The van der Waals surface area contributed by atoms with Crippen LogP contribution in [0.5, 0.6) is 0 Å². The molecule has 0 spiro atoms. The number of hydrogen-bond donors (Lipinski definition) is 2. The molecule has 0 unspecified atom stereocenters. The molecule has 2 N–H and O–H groups in total. The maximum atomic E-state index is 14.0. The highest BCUT2D eigenvalue weighted by Gasteiger charge is 2.30. The molecule has 0 aliphatic carbocycles. The lowest BCUT2D eigenvalue weighted by Gasteiger charge is -2.26. The summed E-state index contributed by atoms with van der Waals surface area (Å²) in [5, 5.41) is 11.2. The number of carbonyl (C=O) groups is 1. The minimum absolute atomic E-state index is 0.0895. The fourth-order valence-corrected chi connectivity index (χ4v) is 2.45. The van der Waals surface area contributed by atoms with Gasteiger partial charge in [0.25, 0.3) is 5.92 Å². The molecule has 0 bridgehead atoms. The van der Waals surface area contributed by atoms with Gasteiger partial charge in [0, 0.05) is 25.7 Å². The van der Waals surface area contributed by atoms with Gasteiger partial charge in [-0.05, 0) is 12.5 Å². The first-order valence-electron chi connectivity index (χ1n) is 8.01. The second-order valence-electron chi connectivity index (χ2n) is 5.64. The average Bonchev–Trinajstić information content (AvgIpc) is 3.06. The number of hydrogen-bond acceptors (Lipinski definition) is 5. The van der Waals surface area contributed by atoms with Crippen LogP contribution in [0.4, 0.5) is 14.6 Å². The SMILES string of the molecule is CCCN(CCC(F)(F)CNC(=O)CC#N)c1ncnc2[nH]ccc12. The van der Waals surface area contributed by atoms with E-state index in [1.54, 1.807) is 17.2 Å². The highest BCUT2D eigenvalue weighted by Crippen LogP contribution is 2.25. The summed E-state index contributed by atoms with van der Waals surface area (Å²) in [5.74, 6) is -3.16. The monoisotopic (exact) mass is 350 g/mol. The van der Waals surface area contributed by atoms with E-state index in [4.69, 9.17) is 5.26 Å². The number of aromatic amines is 1. The van der Waals surface area contributed by atoms with E-state index in [0.29, 0.717) is 18.0 Å². The molecular formula is C16H20F2N6O. The lowest BCUT2D eigenvalue weighted by molar-refractivity contribution is -0.122. The fourth-order valence-electron chi connectivity index (χ4n) is 2.45. The number of nitriles is 1. The molecule has 7 nitrogen and oxygen atoms in total. The Morgan fingerprint density at radius 1 is 1.44 bits per heavy atom. The zero-order chi connectivity index (χ0) is 18.3. The van der Waals surface area contributed by atoms with Crippen molar-refractivity contribution in [3.8, 4) is 6.07 Å². The molecule has 1 amide bonds. The fraction of sp³-hybridized carbons (Fsp3) is 0.500. The highest BCUT2D eigenvalue weighted by atomic mass is 19.3. The molecule has 0 aliphatic rings. The third-order valence-corrected chi connectivity index (χ3v) is 3.66. The summed E-state index contributed by atoms with van der Waals surface area (Å²) < 4.78 is 28.1. The quantitative estimate of drug-likeness (QED) is 0.723. The van der Waals surface area contributed by atoms with E-state index in [0.717, 1.165) is 11.8 Å². The second kappa shape index (κ2) is 8.37. The number of anilines is 1. The van der Waals surface area contributed by atoms with Crippen LogP contribution in [0.2, 0.25) is 0 Å². The predicted octanol–water partition coefficient (Wildman–Crippen LogP) is 2.23. The molecule has 0 aromatic carbocycles. The Kier molecular flexibility index (Phi) is 6.22. The van der Waals surface area contributed by atoms with Gasteiger partial charge in [-0.1, -0.05) is 6.92 Å². The summed E-state index contributed by atoms with van der Waals surface area (Å²) in [6, 6.07) is 3.44. The summed E-state index contributed by atoms with van der Waals surface area (Å²) in [5.41, 5.74) is 0.654. The Labute approximate surface area is 144 Å². The van der Waals surface area contributed by atoms with Gasteiger partial charge in [-0.15, -0.1) is 0 Å². The van der Waals surface area contributed by atoms with Crippen molar-refractivity contribution in [1.29, 1.82) is 5.26 Å². The molecule has 2 heterocycles. The summed E-state index contributed by atoms with van der Waals surface area (Å²) in [6.07, 6.45) is 3.05. The van der Waals surface area contributed by atoms with E-state index in [9.17, 15) is 13.6 Å². The maximum Gasteiger partial charge on any atom is 0.266 e. The number of nitrogens with zero attached hydrogens (tertiary/aromatic N) is 4. The first-order valence-corrected chi connectivity index (χ1v) is 8.01. The maximum absolute atomic E-state index is 14.0. The predicted molar refractivity (Wildman–Crippen MR) is 89.2 cm³/mol. The zero-order valence-corrected chi connectivity index (χ0v) is 13.9. The summed E-state index contributed by atoms with van der Waals surface area (Å²) in [6.45, 7) is 1.85. The number of aromatic nitrogens is 3. The molecule has 0 radical (unpaired) electrons. The van der Waals surface area contributed by atoms with Crippen LogP contribution in [-0.2, 0) is 4.79 Å². The van der Waals surface area contributed by atoms with Gasteiger partial charge in [-0.3, -0.25) is 4.79 Å². The van der Waals surface area contributed by atoms with Gasteiger partial charge in [-0.2, -0.15) is 5.26 Å². The smallest absolute Gasteiger partial charge is 0.266 e. The van der Waals surface area contributed by atoms with Gasteiger partial charge in [0.2, 0.25) is 5.91 Å². The molecule has 134 valence electrons. The number of amides is 1. The summed E-state index contributed by atoms with van der Waals surface area (Å²) in [7, 11) is 0. The van der Waals surface area contributed by atoms with Gasteiger partial charge in [-0.25, -0.2) is 18.7 Å². The van der Waals surface area contributed by atoms with E-state index >= 15 is 0 Å². The van der Waals surface area contributed by atoms with Crippen molar-refractivity contribution in [2.45, 2.75) is 32.1 Å². The number of H-pyrrole nitrogens is 1. The van der Waals surface area contributed by atoms with Crippen molar-refractivity contribution in [3.05, 3.63) is 18.6 Å². The standard InChI is InChI=1S/C16H20F2N6O/c1-2-8-24(15-12-4-7-20-14(12)22-11-23-15)9-5-16(17,18)10-21-13(25)3-6-19/h4,7,11H,2-3,5,8-10H2,1H3,(H,21,25)(H,20,22,23). The van der Waals surface area contributed by atoms with E-state index in [1.165, 1.54) is 6.33 Å². The van der Waals surface area contributed by atoms with Crippen molar-refractivity contribution in [1.82, 2.24) is 20.3 Å². The Balaban J connectivity index is 2.03. The number of alkyl halides is 2. The minimum atomic E-state index is -3.07. The van der Waals surface area contributed by atoms with Gasteiger partial charge < -0.3 is 15.2 Å². The Bertz CT molecular complexity index is 754. The second-order valence-corrected chi connectivity index (χ2v) is 5.64. The highest BCUT2D eigenvalue weighted by molar-refractivity contribution is 5.87. The average molecular weight is 350 g/mol. The summed E-state index contributed by atoms with van der Waals surface area (Å²) in [4.78, 5) is 24.3. The number of rotatable bonds is 9. The van der Waals surface area contributed by atoms with Crippen LogP contribution < -0.4 is 10.2 Å². The van der Waals surface area contributed by atoms with Gasteiger partial charge >= 0.3 is 0 Å². The van der Waals surface area contributed by atoms with Crippen molar-refractivity contribution in [3.63, 3.8) is 0 Å². The first-order chi connectivity index (χ1) is 12.0. The molecule has 2 aromatic heterocycles. The number of carbonyl (C=O) groups excluding carboxylic acids is 1. The van der Waals surface area contributed by atoms with Crippen LogP contribution in [0, 0.1) is 11.3 Å². The molecule has 0 aliphatic heterocycles. The minimum Gasteiger partial charge on any atom is -0.356 e. The molecule has 0 atom stereocenters. The van der Waals surface area contributed by atoms with Crippen LogP contribution in [0.1, 0.15) is 26.2 Å². The molecule has 2 aromatic rings. The third kappa shape index (κ3) is 5.11. The lowest BCUT2D eigenvalue weighted by atomic mass is 10.2. The van der Waals surface area contributed by atoms with Crippen molar-refractivity contribution < 1.29 is 13.6 Å². The Morgan fingerprint density at radius 2 is 2.24 bits per heavy atom. The molecule has 0 saturated carbocycles. The van der Waals surface area contributed by atoms with E-state index in [1.807, 2.05) is 13.0 Å². The van der Waals surface area contributed by atoms with Gasteiger partial charge in [0.15, 0.2) is 0 Å². The van der Waals surface area contributed by atoms with E-state index in [-0.39, 0.29) is 6.54 Å². The third-order valence-electron chi connectivity index (χ3n) is 3.66. The molecule has 0 saturated heterocycles. The zero-order valence-electron chi connectivity index (χ0n) is 13.9. The van der Waals surface area contributed by atoms with Crippen LogP contribution >= 0.6 is 0 Å². The van der Waals surface area contributed by atoms with Crippen LogP contribution in [-0.4, -0.2) is 46.4 Å². The van der Waals surface area contributed by atoms with Crippen LogP contribution in [0.25, 0.3) is 11.0 Å². The topological polar surface area (TPSA) is 97.7 Å². The molecule has 0 fully saturated rings. The number of halogens is 2. The molecule has 2 rings (SSSR count). The Hall–Kier alpha value is -2.76. The molecule has 9 heteroatoms. The number of fused-ring (bicyclic) bond motifs is 1. The Morgan fingerprint density at radius 3 is 2.96 bits per heavy atom. The van der Waals surface area contributed by atoms with Crippen molar-refractivity contribution in [2.24, 2.45) is 0 Å². The molecule has 25 heavy (non-hydrogen) atoms. The normalized spacial score (nSPS) is 11.3. The van der Waals surface area contributed by atoms with Crippen LogP contribution in [0.15, 0.2) is 18.6 Å². The summed E-state index contributed by atoms with van der Waals surface area (Å²) >= 11 is 0. The van der Waals surface area contributed by atoms with Gasteiger partial charge in [0.1, 0.15) is 24.2 Å². The molecular weight excluding hydrogens is 330 g/mol. The van der Waals surface area contributed by atoms with Crippen LogP contribution in [0.3, 0.4) is 0 Å². The van der Waals surface area contributed by atoms with Gasteiger partial charge in [0.05, 0.1) is 18.0 Å². The van der Waals surface area contributed by atoms with Crippen molar-refractivity contribution in [2.75, 3.05) is 24.5 Å². The largest absolute Gasteiger partial charge is 0.356 e. The lowest BCUT2D eigenvalue weighted by Crippen LogP contribution is -2.39. The van der Waals surface area contributed by atoms with E-state index in [2.05, 4.69) is 20.3 Å². The van der Waals surface area contributed by atoms with E-state index < -0.39 is 31.2 Å².